The van der Waals surface area contributed by atoms with Crippen molar-refractivity contribution in [2.75, 3.05) is 13.1 Å². The monoisotopic (exact) mass is 420 g/mol. The van der Waals surface area contributed by atoms with Gasteiger partial charge < -0.3 is 10.6 Å². The van der Waals surface area contributed by atoms with Crippen LogP contribution < -0.4 is 10.6 Å². The zero-order valence-corrected chi connectivity index (χ0v) is 18.9. The average Bonchev–Trinajstić information content (AvgIpc) is 2.76. The van der Waals surface area contributed by atoms with Crippen LogP contribution in [0.3, 0.4) is 0 Å². The molecular weight excluding hydrogens is 387 g/mol. The van der Waals surface area contributed by atoms with Crippen LogP contribution in [-0.4, -0.2) is 24.5 Å². The molecule has 0 aromatic heterocycles. The van der Waals surface area contributed by atoms with Crippen LogP contribution in [0, 0.1) is 23.1 Å². The van der Waals surface area contributed by atoms with Gasteiger partial charge in [-0.3, -0.25) is 4.79 Å². The molecule has 1 amide bonds. The number of amides is 1. The Labute approximate surface area is 185 Å². The molecule has 0 radical (unpaired) electrons. The molecule has 0 aliphatic heterocycles. The first-order valence-corrected chi connectivity index (χ1v) is 11.2. The molecule has 3 nitrogen and oxygen atoms in total. The summed E-state index contributed by atoms with van der Waals surface area (Å²) in [5.41, 5.74) is 1.90. The minimum atomic E-state index is -0.331. The number of carbonyl (C=O) groups excluding carboxylic acids is 1. The lowest BCUT2D eigenvalue weighted by atomic mass is 9.80. The van der Waals surface area contributed by atoms with E-state index in [0.29, 0.717) is 17.7 Å². The third kappa shape index (κ3) is 6.94. The molecule has 1 aliphatic rings. The zero-order valence-electron chi connectivity index (χ0n) is 18.9. The Hall–Kier alpha value is -2.64. The molecule has 1 aliphatic carbocycles. The van der Waals surface area contributed by atoms with Gasteiger partial charge in [0.05, 0.1) is 5.56 Å². The van der Waals surface area contributed by atoms with Crippen LogP contribution in [0.4, 0.5) is 4.39 Å². The van der Waals surface area contributed by atoms with Crippen LogP contribution in [0.2, 0.25) is 0 Å². The van der Waals surface area contributed by atoms with Gasteiger partial charge in [0, 0.05) is 29.8 Å². The van der Waals surface area contributed by atoms with Crippen LogP contribution in [0.5, 0.6) is 0 Å². The molecule has 1 saturated carbocycles. The Balaban J connectivity index is 1.61. The summed E-state index contributed by atoms with van der Waals surface area (Å²) in [7, 11) is 0. The first kappa shape index (κ1) is 23.0. The Kier molecular flexibility index (Phi) is 7.51. The van der Waals surface area contributed by atoms with Crippen molar-refractivity contribution >= 4 is 5.91 Å². The summed E-state index contributed by atoms with van der Waals surface area (Å²) in [4.78, 5) is 12.7. The van der Waals surface area contributed by atoms with Crippen molar-refractivity contribution in [2.45, 2.75) is 58.4 Å². The molecule has 2 aromatic rings. The number of hydrogen-bond acceptors (Lipinski definition) is 2. The largest absolute Gasteiger partial charge is 0.350 e. The summed E-state index contributed by atoms with van der Waals surface area (Å²) in [5.74, 6) is 5.40. The zero-order chi connectivity index (χ0) is 22.3. The first-order valence-electron chi connectivity index (χ1n) is 11.2. The van der Waals surface area contributed by atoms with E-state index in [4.69, 9.17) is 0 Å². The molecule has 0 atom stereocenters. The van der Waals surface area contributed by atoms with E-state index in [0.717, 1.165) is 24.9 Å². The predicted octanol–water partition coefficient (Wildman–Crippen LogP) is 5.29. The topological polar surface area (TPSA) is 41.1 Å². The quantitative estimate of drug-likeness (QED) is 0.645. The summed E-state index contributed by atoms with van der Waals surface area (Å²) in [6, 6.07) is 13.6. The maximum absolute atomic E-state index is 13.7. The van der Waals surface area contributed by atoms with Crippen molar-refractivity contribution < 1.29 is 9.18 Å². The first-order chi connectivity index (χ1) is 14.8. The Morgan fingerprint density at radius 2 is 1.68 bits per heavy atom. The molecule has 0 spiro atoms. The lowest BCUT2D eigenvalue weighted by Crippen LogP contribution is -2.56. The highest BCUT2D eigenvalue weighted by atomic mass is 19.1. The van der Waals surface area contributed by atoms with E-state index in [1.165, 1.54) is 25.3 Å². The molecule has 4 heteroatoms. The fourth-order valence-corrected chi connectivity index (χ4v) is 3.86. The number of carbonyl (C=O) groups is 1. The van der Waals surface area contributed by atoms with Crippen molar-refractivity contribution in [1.82, 2.24) is 10.6 Å². The van der Waals surface area contributed by atoms with Crippen LogP contribution in [0.15, 0.2) is 48.5 Å². The minimum Gasteiger partial charge on any atom is -0.350 e. The molecule has 0 unspecified atom stereocenters. The fraction of sp³-hybridized carbons (Fsp3) is 0.444. The van der Waals surface area contributed by atoms with Gasteiger partial charge in [0.25, 0.3) is 5.91 Å². The maximum Gasteiger partial charge on any atom is 0.251 e. The smallest absolute Gasteiger partial charge is 0.251 e. The Morgan fingerprint density at radius 1 is 1.00 bits per heavy atom. The van der Waals surface area contributed by atoms with Crippen LogP contribution in [0.1, 0.15) is 74.4 Å². The number of benzene rings is 2. The number of nitrogens with one attached hydrogen (secondary N) is 2. The van der Waals surface area contributed by atoms with Gasteiger partial charge in [-0.2, -0.15) is 0 Å². The van der Waals surface area contributed by atoms with E-state index in [2.05, 4.69) is 43.2 Å². The summed E-state index contributed by atoms with van der Waals surface area (Å²) < 4.78 is 13.7. The molecule has 0 heterocycles. The lowest BCUT2D eigenvalue weighted by Gasteiger charge is -2.40. The van der Waals surface area contributed by atoms with Crippen molar-refractivity contribution in [3.8, 4) is 11.8 Å². The molecule has 0 bridgehead atoms. The Bertz CT molecular complexity index is 942. The summed E-state index contributed by atoms with van der Waals surface area (Å²) >= 11 is 0. The van der Waals surface area contributed by atoms with Gasteiger partial charge in [-0.25, -0.2) is 4.39 Å². The van der Waals surface area contributed by atoms with Gasteiger partial charge in [0.2, 0.25) is 0 Å². The second kappa shape index (κ2) is 10.1. The summed E-state index contributed by atoms with van der Waals surface area (Å²) in [6.07, 6.45) is 5.84. The van der Waals surface area contributed by atoms with Crippen molar-refractivity contribution in [3.63, 3.8) is 0 Å². The highest BCUT2D eigenvalue weighted by molar-refractivity contribution is 5.94. The van der Waals surface area contributed by atoms with E-state index in [1.54, 1.807) is 42.5 Å². The van der Waals surface area contributed by atoms with Gasteiger partial charge in [0.1, 0.15) is 5.82 Å². The normalized spacial score (nSPS) is 15.6. The lowest BCUT2D eigenvalue weighted by molar-refractivity contribution is 0.0925. The molecule has 2 N–H and O–H groups in total. The molecular formula is C27H33FN2O. The van der Waals surface area contributed by atoms with Gasteiger partial charge in [-0.05, 0) is 54.7 Å². The van der Waals surface area contributed by atoms with Gasteiger partial charge in [-0.15, -0.1) is 0 Å². The van der Waals surface area contributed by atoms with Crippen LogP contribution in [0.25, 0.3) is 0 Å². The van der Waals surface area contributed by atoms with E-state index in [-0.39, 0.29) is 22.7 Å². The summed E-state index contributed by atoms with van der Waals surface area (Å²) in [6.45, 7) is 8.25. The molecule has 1 fully saturated rings. The molecule has 164 valence electrons. The van der Waals surface area contributed by atoms with Crippen molar-refractivity contribution in [1.29, 1.82) is 0 Å². The van der Waals surface area contributed by atoms with E-state index in [9.17, 15) is 9.18 Å². The van der Waals surface area contributed by atoms with Crippen LogP contribution in [-0.2, 0) is 0 Å². The number of halogens is 1. The molecule has 3 rings (SSSR count). The van der Waals surface area contributed by atoms with Gasteiger partial charge >= 0.3 is 0 Å². The second-order valence-electron chi connectivity index (χ2n) is 9.75. The van der Waals surface area contributed by atoms with E-state index >= 15 is 0 Å². The highest BCUT2D eigenvalue weighted by Gasteiger charge is 2.33. The predicted molar refractivity (Wildman–Crippen MR) is 124 cm³/mol. The van der Waals surface area contributed by atoms with Gasteiger partial charge in [-0.1, -0.05) is 64.0 Å². The Morgan fingerprint density at radius 3 is 2.32 bits per heavy atom. The van der Waals surface area contributed by atoms with E-state index < -0.39 is 0 Å². The third-order valence-electron chi connectivity index (χ3n) is 5.75. The van der Waals surface area contributed by atoms with E-state index in [1.807, 2.05) is 0 Å². The molecule has 0 saturated heterocycles. The highest BCUT2D eigenvalue weighted by Crippen LogP contribution is 2.29. The van der Waals surface area contributed by atoms with Crippen molar-refractivity contribution in [3.05, 3.63) is 71.0 Å². The van der Waals surface area contributed by atoms with Crippen LogP contribution >= 0.6 is 0 Å². The summed E-state index contributed by atoms with van der Waals surface area (Å²) in [5, 5.41) is 6.91. The SMILES string of the molecule is CC(C)(C)CNC1(CNC(=O)c2ccc(C#Cc3ccccc3F)cc2)CCCCC1. The minimum absolute atomic E-state index is 0.0215. The number of hydrogen-bond donors (Lipinski definition) is 2. The standard InChI is InChI=1S/C27H33FN2O/c1-26(2,3)19-30-27(17-7-4-8-18-27)20-29-25(31)23-15-12-21(13-16-23)11-14-22-9-5-6-10-24(22)28/h5-6,9-10,12-13,15-16,30H,4,7-8,17-20H2,1-3H3,(H,29,31). The third-order valence-corrected chi connectivity index (χ3v) is 5.75. The van der Waals surface area contributed by atoms with Gasteiger partial charge in [0.15, 0.2) is 0 Å². The second-order valence-corrected chi connectivity index (χ2v) is 9.75. The average molecular weight is 421 g/mol. The fourth-order valence-electron chi connectivity index (χ4n) is 3.86. The molecule has 31 heavy (non-hydrogen) atoms. The maximum atomic E-state index is 13.7. The number of rotatable bonds is 5. The molecule has 2 aromatic carbocycles. The van der Waals surface area contributed by atoms with Crippen molar-refractivity contribution in [2.24, 2.45) is 5.41 Å².